The fourth-order valence-corrected chi connectivity index (χ4v) is 2.57. The van der Waals surface area contributed by atoms with Gasteiger partial charge in [0.25, 0.3) is 0 Å². The summed E-state index contributed by atoms with van der Waals surface area (Å²) in [6.45, 7) is 0.446. The van der Waals surface area contributed by atoms with E-state index >= 15 is 0 Å². The third-order valence-corrected chi connectivity index (χ3v) is 3.47. The van der Waals surface area contributed by atoms with Crippen molar-refractivity contribution < 1.29 is 12.8 Å². The first-order valence-corrected chi connectivity index (χ1v) is 8.24. The fraction of sp³-hybridized carbons (Fsp3) is 0.167. The predicted molar refractivity (Wildman–Crippen MR) is 81.0 cm³/mol. The van der Waals surface area contributed by atoms with Gasteiger partial charge in [0.1, 0.15) is 5.76 Å². The largest absolute Gasteiger partial charge is 0.448 e. The molecule has 0 aliphatic carbocycles. The summed E-state index contributed by atoms with van der Waals surface area (Å²) in [4.78, 5) is 0. The van der Waals surface area contributed by atoms with Crippen molar-refractivity contribution in [1.82, 2.24) is 0 Å². The number of anilines is 2. The molecule has 2 rings (SSSR count). The van der Waals surface area contributed by atoms with Gasteiger partial charge in [0.2, 0.25) is 10.0 Å². The third kappa shape index (κ3) is 4.33. The van der Waals surface area contributed by atoms with Crippen molar-refractivity contribution in [2.24, 2.45) is 0 Å². The zero-order valence-electron chi connectivity index (χ0n) is 10.5. The Morgan fingerprint density at radius 3 is 2.50 bits per heavy atom. The summed E-state index contributed by atoms with van der Waals surface area (Å²) in [6.07, 6.45) is 1.07. The van der Waals surface area contributed by atoms with E-state index in [1.165, 1.54) is 0 Å². The lowest BCUT2D eigenvalue weighted by atomic mass is 10.3. The molecule has 0 aliphatic heterocycles. The maximum Gasteiger partial charge on any atom is 0.229 e. The zero-order valence-corrected chi connectivity index (χ0v) is 12.8. The second-order valence-electron chi connectivity index (χ2n) is 4.13. The van der Waals surface area contributed by atoms with E-state index in [1.807, 2.05) is 0 Å². The Balaban J connectivity index is 2.05. The lowest BCUT2D eigenvalue weighted by molar-refractivity contribution is 0.520. The molecule has 0 atom stereocenters. The molecule has 5 nitrogen and oxygen atoms in total. The summed E-state index contributed by atoms with van der Waals surface area (Å²) < 4.78 is 29.8. The lowest BCUT2D eigenvalue weighted by Crippen LogP contribution is -2.10. The summed E-state index contributed by atoms with van der Waals surface area (Å²) in [7, 11) is -3.35. The van der Waals surface area contributed by atoms with Crippen LogP contribution < -0.4 is 10.0 Å². The summed E-state index contributed by atoms with van der Waals surface area (Å²) >= 11 is 11.7. The minimum atomic E-state index is -3.35. The van der Waals surface area contributed by atoms with E-state index < -0.39 is 10.0 Å². The molecule has 0 spiro atoms. The van der Waals surface area contributed by atoms with Crippen LogP contribution in [0.25, 0.3) is 0 Å². The highest BCUT2D eigenvalue weighted by Crippen LogP contribution is 2.26. The van der Waals surface area contributed by atoms with Crippen LogP contribution in [-0.4, -0.2) is 14.7 Å². The van der Waals surface area contributed by atoms with Gasteiger partial charge >= 0.3 is 0 Å². The first-order chi connectivity index (χ1) is 9.33. The molecular formula is C12H12Cl2N2O3S. The van der Waals surface area contributed by atoms with Crippen LogP contribution in [0.3, 0.4) is 0 Å². The van der Waals surface area contributed by atoms with Gasteiger partial charge in [0.15, 0.2) is 5.22 Å². The van der Waals surface area contributed by atoms with Gasteiger partial charge in [-0.05, 0) is 41.9 Å². The lowest BCUT2D eigenvalue weighted by Gasteiger charge is -2.09. The number of halogens is 2. The van der Waals surface area contributed by atoms with E-state index in [0.29, 0.717) is 28.2 Å². The topological polar surface area (TPSA) is 71.3 Å². The van der Waals surface area contributed by atoms with E-state index in [-0.39, 0.29) is 0 Å². The molecule has 0 unspecified atom stereocenters. The van der Waals surface area contributed by atoms with E-state index in [4.69, 9.17) is 27.6 Å². The first-order valence-electron chi connectivity index (χ1n) is 5.59. The number of hydrogen-bond acceptors (Lipinski definition) is 4. The number of benzene rings is 1. The van der Waals surface area contributed by atoms with E-state index in [2.05, 4.69) is 10.0 Å². The average Bonchev–Trinajstić information content (AvgIpc) is 2.74. The molecule has 0 saturated heterocycles. The summed E-state index contributed by atoms with van der Waals surface area (Å²) in [5.41, 5.74) is 1.07. The van der Waals surface area contributed by atoms with Crippen molar-refractivity contribution in [3.8, 4) is 0 Å². The van der Waals surface area contributed by atoms with Crippen LogP contribution in [-0.2, 0) is 16.6 Å². The maximum absolute atomic E-state index is 11.1. The highest BCUT2D eigenvalue weighted by atomic mass is 35.5. The molecule has 0 aliphatic rings. The van der Waals surface area contributed by atoms with E-state index in [9.17, 15) is 8.42 Å². The Hall–Kier alpha value is -1.37. The van der Waals surface area contributed by atoms with Gasteiger partial charge < -0.3 is 9.73 Å². The maximum atomic E-state index is 11.1. The standard InChI is InChI=1S/C12H12Cl2N2O3S/c1-20(17,18)16-11-4-2-8(6-10(11)13)15-7-9-3-5-12(14)19-9/h2-6,15-16H,7H2,1H3. The predicted octanol–water partition coefficient (Wildman–Crippen LogP) is 3.57. The van der Waals surface area contributed by atoms with Crippen LogP contribution in [0.4, 0.5) is 11.4 Å². The minimum absolute atomic E-state index is 0.304. The van der Waals surface area contributed by atoms with Crippen LogP contribution in [0.15, 0.2) is 34.7 Å². The Morgan fingerprint density at radius 2 is 1.95 bits per heavy atom. The number of hydrogen-bond donors (Lipinski definition) is 2. The molecule has 1 heterocycles. The molecule has 2 aromatic rings. The van der Waals surface area contributed by atoms with Crippen LogP contribution in [0.2, 0.25) is 10.2 Å². The Labute approximate surface area is 126 Å². The second kappa shape index (κ2) is 5.95. The molecule has 1 aromatic heterocycles. The monoisotopic (exact) mass is 334 g/mol. The van der Waals surface area contributed by atoms with Crippen molar-refractivity contribution >= 4 is 44.6 Å². The van der Waals surface area contributed by atoms with Crippen molar-refractivity contribution in [3.63, 3.8) is 0 Å². The Morgan fingerprint density at radius 1 is 1.20 bits per heavy atom. The van der Waals surface area contributed by atoms with Gasteiger partial charge in [-0.2, -0.15) is 0 Å². The van der Waals surface area contributed by atoms with Gasteiger partial charge in [-0.25, -0.2) is 8.42 Å². The second-order valence-corrected chi connectivity index (χ2v) is 6.66. The van der Waals surface area contributed by atoms with Crippen LogP contribution >= 0.6 is 23.2 Å². The number of rotatable bonds is 5. The molecule has 1 aromatic carbocycles. The van der Waals surface area contributed by atoms with Crippen LogP contribution in [0, 0.1) is 0 Å². The highest BCUT2D eigenvalue weighted by molar-refractivity contribution is 7.92. The fourth-order valence-electron chi connectivity index (χ4n) is 1.54. The van der Waals surface area contributed by atoms with Crippen molar-refractivity contribution in [2.75, 3.05) is 16.3 Å². The van der Waals surface area contributed by atoms with E-state index in [0.717, 1.165) is 11.9 Å². The van der Waals surface area contributed by atoms with Gasteiger partial charge in [-0.3, -0.25) is 4.72 Å². The smallest absolute Gasteiger partial charge is 0.229 e. The molecule has 2 N–H and O–H groups in total. The normalized spacial score (nSPS) is 11.3. The van der Waals surface area contributed by atoms with Crippen molar-refractivity contribution in [3.05, 3.63) is 46.3 Å². The van der Waals surface area contributed by atoms with Gasteiger partial charge in [-0.15, -0.1) is 0 Å². The van der Waals surface area contributed by atoms with Crippen molar-refractivity contribution in [1.29, 1.82) is 0 Å². The highest BCUT2D eigenvalue weighted by Gasteiger charge is 2.07. The van der Waals surface area contributed by atoms with Crippen molar-refractivity contribution in [2.45, 2.75) is 6.54 Å². The third-order valence-electron chi connectivity index (χ3n) is 2.36. The summed E-state index contributed by atoms with van der Waals surface area (Å²) in [5, 5.41) is 3.72. The summed E-state index contributed by atoms with van der Waals surface area (Å²) in [6, 6.07) is 8.34. The molecule has 0 bridgehead atoms. The average molecular weight is 335 g/mol. The number of furan rings is 1. The molecule has 0 saturated carbocycles. The molecular weight excluding hydrogens is 323 g/mol. The zero-order chi connectivity index (χ0) is 14.8. The Bertz CT molecular complexity index is 713. The van der Waals surface area contributed by atoms with E-state index in [1.54, 1.807) is 30.3 Å². The Kier molecular flexibility index (Phi) is 4.47. The minimum Gasteiger partial charge on any atom is -0.448 e. The first kappa shape index (κ1) is 15.0. The molecule has 0 fully saturated rings. The number of nitrogens with one attached hydrogen (secondary N) is 2. The van der Waals surface area contributed by atoms with Gasteiger partial charge in [0, 0.05) is 5.69 Å². The molecule has 108 valence electrons. The van der Waals surface area contributed by atoms with Crippen LogP contribution in [0.5, 0.6) is 0 Å². The molecule has 8 heteroatoms. The van der Waals surface area contributed by atoms with Gasteiger partial charge in [-0.1, -0.05) is 11.6 Å². The quantitative estimate of drug-likeness (QED) is 0.876. The van der Waals surface area contributed by atoms with Crippen LogP contribution in [0.1, 0.15) is 5.76 Å². The molecule has 20 heavy (non-hydrogen) atoms. The summed E-state index contributed by atoms with van der Waals surface area (Å²) in [5.74, 6) is 0.685. The molecule has 0 radical (unpaired) electrons. The molecule has 0 amide bonds. The SMILES string of the molecule is CS(=O)(=O)Nc1ccc(NCc2ccc(Cl)o2)cc1Cl. The number of sulfonamides is 1. The van der Waals surface area contributed by atoms with Gasteiger partial charge in [0.05, 0.1) is 23.5 Å².